The molecule has 4 aromatic heterocycles. The molecule has 0 saturated carbocycles. The van der Waals surface area contributed by atoms with Gasteiger partial charge < -0.3 is 9.13 Å². The quantitative estimate of drug-likeness (QED) is 0.177. The number of fused-ring (bicyclic) bond motifs is 10. The molecule has 0 unspecified atom stereocenters. The summed E-state index contributed by atoms with van der Waals surface area (Å²) in [6.07, 6.45) is 0. The highest BCUT2D eigenvalue weighted by molar-refractivity contribution is 6.26. The molecule has 0 radical (unpaired) electrons. The molecule has 6 nitrogen and oxygen atoms in total. The van der Waals surface area contributed by atoms with Crippen LogP contribution in [0.4, 0.5) is 0 Å². The maximum Gasteiger partial charge on any atom is 0.238 e. The van der Waals surface area contributed by atoms with Gasteiger partial charge in [-0.2, -0.15) is 9.97 Å². The molecular formula is C51H32N6. The standard InChI is InChI=1S/C51H32N6/c1-3-17-33(18-4-1)49-52-50(34-19-5-2-6-20-34)54-51(53-49)57-43-28-14-10-24-39(43)47-46(57)32-31-38-37-23-9-13-27-42(37)56(48(38)47)45-30-16-15-29-44(45)55-40-25-11-7-21-35(40)36-22-8-12-26-41(36)55/h1-32H. The second-order valence-electron chi connectivity index (χ2n) is 14.4. The third-order valence-corrected chi connectivity index (χ3v) is 11.3. The van der Waals surface area contributed by atoms with Crippen LogP contribution < -0.4 is 0 Å². The summed E-state index contributed by atoms with van der Waals surface area (Å²) in [5, 5.41) is 7.11. The van der Waals surface area contributed by atoms with Crippen molar-refractivity contribution in [2.24, 2.45) is 0 Å². The van der Waals surface area contributed by atoms with Crippen molar-refractivity contribution >= 4 is 65.4 Å². The van der Waals surface area contributed by atoms with E-state index in [-0.39, 0.29) is 0 Å². The Morgan fingerprint density at radius 3 is 1.26 bits per heavy atom. The number of para-hydroxylation sites is 6. The molecule has 12 rings (SSSR count). The van der Waals surface area contributed by atoms with Gasteiger partial charge in [-0.25, -0.2) is 4.98 Å². The third kappa shape index (κ3) is 4.68. The van der Waals surface area contributed by atoms with Crippen molar-refractivity contribution in [3.8, 4) is 40.1 Å². The third-order valence-electron chi connectivity index (χ3n) is 11.3. The van der Waals surface area contributed by atoms with Gasteiger partial charge in [0.05, 0.1) is 44.5 Å². The molecule has 0 fully saturated rings. The fourth-order valence-electron chi connectivity index (χ4n) is 8.90. The normalized spacial score (nSPS) is 11.9. The van der Waals surface area contributed by atoms with E-state index in [1.54, 1.807) is 0 Å². The lowest BCUT2D eigenvalue weighted by molar-refractivity contribution is 0.953. The Morgan fingerprint density at radius 1 is 0.281 bits per heavy atom. The van der Waals surface area contributed by atoms with Gasteiger partial charge in [-0.15, -0.1) is 0 Å². The summed E-state index contributed by atoms with van der Waals surface area (Å²) in [5.74, 6) is 1.82. The van der Waals surface area contributed by atoms with Gasteiger partial charge in [-0.3, -0.25) is 4.57 Å². The Kier molecular flexibility index (Phi) is 6.83. The van der Waals surface area contributed by atoms with Crippen molar-refractivity contribution in [2.45, 2.75) is 0 Å². The van der Waals surface area contributed by atoms with E-state index in [2.05, 4.69) is 171 Å². The van der Waals surface area contributed by atoms with Crippen LogP contribution in [0.25, 0.3) is 106 Å². The molecule has 266 valence electrons. The van der Waals surface area contributed by atoms with Crippen LogP contribution in [-0.4, -0.2) is 28.7 Å². The Hall–Kier alpha value is -7.83. The smallest absolute Gasteiger partial charge is 0.238 e. The summed E-state index contributed by atoms with van der Waals surface area (Å²) in [4.78, 5) is 15.4. The average molecular weight is 729 g/mol. The number of aromatic nitrogens is 6. The minimum atomic E-state index is 0.571. The molecule has 12 aromatic rings. The maximum absolute atomic E-state index is 5.21. The summed E-state index contributed by atoms with van der Waals surface area (Å²) in [6, 6.07) is 68.5. The van der Waals surface area contributed by atoms with E-state index in [9.17, 15) is 0 Å². The number of rotatable bonds is 5. The molecule has 0 bridgehead atoms. The van der Waals surface area contributed by atoms with Crippen molar-refractivity contribution in [2.75, 3.05) is 0 Å². The Morgan fingerprint density at radius 2 is 0.702 bits per heavy atom. The van der Waals surface area contributed by atoms with Crippen LogP contribution in [0.5, 0.6) is 0 Å². The SMILES string of the molecule is c1ccc(-c2nc(-c3ccccc3)nc(-n3c4ccccc4c4c3ccc3c5ccccc5n(-c5ccccc5-n5c6ccccc6c6ccccc65)c34)n2)cc1. The van der Waals surface area contributed by atoms with Crippen LogP contribution in [0.2, 0.25) is 0 Å². The highest BCUT2D eigenvalue weighted by Gasteiger charge is 2.24. The first kappa shape index (κ1) is 31.5. The molecule has 0 amide bonds. The molecule has 0 atom stereocenters. The number of hydrogen-bond donors (Lipinski definition) is 0. The molecule has 6 heteroatoms. The van der Waals surface area contributed by atoms with E-state index >= 15 is 0 Å². The zero-order chi connectivity index (χ0) is 37.5. The lowest BCUT2D eigenvalue weighted by Gasteiger charge is -2.17. The average Bonchev–Trinajstić information content (AvgIpc) is 3.93. The highest BCUT2D eigenvalue weighted by atomic mass is 15.2. The van der Waals surface area contributed by atoms with Crippen LogP contribution >= 0.6 is 0 Å². The van der Waals surface area contributed by atoms with Crippen molar-refractivity contribution in [3.63, 3.8) is 0 Å². The molecule has 0 N–H and O–H groups in total. The molecule has 8 aromatic carbocycles. The fourth-order valence-corrected chi connectivity index (χ4v) is 8.90. The lowest BCUT2D eigenvalue weighted by Crippen LogP contribution is -2.06. The van der Waals surface area contributed by atoms with Gasteiger partial charge in [0.25, 0.3) is 0 Å². The zero-order valence-corrected chi connectivity index (χ0v) is 30.7. The first-order valence-corrected chi connectivity index (χ1v) is 19.2. The van der Waals surface area contributed by atoms with E-state index < -0.39 is 0 Å². The Labute approximate surface area is 327 Å². The number of nitrogens with zero attached hydrogens (tertiary/aromatic N) is 6. The number of hydrogen-bond acceptors (Lipinski definition) is 3. The van der Waals surface area contributed by atoms with E-state index in [0.29, 0.717) is 17.6 Å². The van der Waals surface area contributed by atoms with Crippen LogP contribution in [-0.2, 0) is 0 Å². The van der Waals surface area contributed by atoms with Gasteiger partial charge in [0, 0.05) is 43.4 Å². The van der Waals surface area contributed by atoms with Crippen LogP contribution in [0.15, 0.2) is 194 Å². The monoisotopic (exact) mass is 728 g/mol. The van der Waals surface area contributed by atoms with Crippen molar-refractivity contribution in [3.05, 3.63) is 194 Å². The first-order chi connectivity index (χ1) is 28.3. The predicted molar refractivity (Wildman–Crippen MR) is 234 cm³/mol. The van der Waals surface area contributed by atoms with E-state index in [4.69, 9.17) is 15.0 Å². The van der Waals surface area contributed by atoms with Gasteiger partial charge in [-0.05, 0) is 42.5 Å². The van der Waals surface area contributed by atoms with Crippen LogP contribution in [0.1, 0.15) is 0 Å². The molecule has 57 heavy (non-hydrogen) atoms. The van der Waals surface area contributed by atoms with Gasteiger partial charge in [0.2, 0.25) is 5.95 Å². The molecule has 0 aliphatic rings. The highest BCUT2D eigenvalue weighted by Crippen LogP contribution is 2.43. The van der Waals surface area contributed by atoms with Crippen molar-refractivity contribution in [1.29, 1.82) is 0 Å². The molecule has 0 aliphatic carbocycles. The summed E-state index contributed by atoms with van der Waals surface area (Å²) in [7, 11) is 0. The van der Waals surface area contributed by atoms with Crippen molar-refractivity contribution in [1.82, 2.24) is 28.7 Å². The van der Waals surface area contributed by atoms with E-state index in [1.807, 2.05) is 36.4 Å². The largest absolute Gasteiger partial charge is 0.307 e. The topological polar surface area (TPSA) is 53.5 Å². The number of benzene rings is 8. The molecule has 0 saturated heterocycles. The minimum Gasteiger partial charge on any atom is -0.307 e. The van der Waals surface area contributed by atoms with Crippen molar-refractivity contribution < 1.29 is 0 Å². The van der Waals surface area contributed by atoms with Gasteiger partial charge in [0.1, 0.15) is 0 Å². The lowest BCUT2D eigenvalue weighted by atomic mass is 10.1. The van der Waals surface area contributed by atoms with Crippen LogP contribution in [0, 0.1) is 0 Å². The second-order valence-corrected chi connectivity index (χ2v) is 14.4. The minimum absolute atomic E-state index is 0.571. The Balaban J connectivity index is 1.21. The van der Waals surface area contributed by atoms with E-state index in [1.165, 1.54) is 32.6 Å². The fraction of sp³-hybridized carbons (Fsp3) is 0. The van der Waals surface area contributed by atoms with Gasteiger partial charge in [0.15, 0.2) is 11.6 Å². The molecule has 0 spiro atoms. The Bertz CT molecular complexity index is 3410. The summed E-state index contributed by atoms with van der Waals surface area (Å²) in [6.45, 7) is 0. The summed E-state index contributed by atoms with van der Waals surface area (Å²) in [5.41, 5.74) is 10.7. The molecule has 4 heterocycles. The van der Waals surface area contributed by atoms with E-state index in [0.717, 1.165) is 55.3 Å². The van der Waals surface area contributed by atoms with Gasteiger partial charge >= 0.3 is 0 Å². The summed E-state index contributed by atoms with van der Waals surface area (Å²) >= 11 is 0. The molecular weight excluding hydrogens is 697 g/mol. The van der Waals surface area contributed by atoms with Gasteiger partial charge in [-0.1, -0.05) is 152 Å². The van der Waals surface area contributed by atoms with Crippen LogP contribution in [0.3, 0.4) is 0 Å². The zero-order valence-electron chi connectivity index (χ0n) is 30.7. The molecule has 0 aliphatic heterocycles. The summed E-state index contributed by atoms with van der Waals surface area (Å²) < 4.78 is 7.11. The predicted octanol–water partition coefficient (Wildman–Crippen LogP) is 12.5. The second kappa shape index (κ2) is 12.3. The first-order valence-electron chi connectivity index (χ1n) is 19.2. The maximum atomic E-state index is 5.21.